The Bertz CT molecular complexity index is 863. The van der Waals surface area contributed by atoms with Gasteiger partial charge in [0, 0.05) is 11.6 Å². The summed E-state index contributed by atoms with van der Waals surface area (Å²) in [6.07, 6.45) is 1.71. The Balaban J connectivity index is 2.14. The summed E-state index contributed by atoms with van der Waals surface area (Å²) in [6, 6.07) is 9.49. The average molecular weight is 328 g/mol. The van der Waals surface area contributed by atoms with E-state index in [1.54, 1.807) is 30.6 Å². The molecule has 24 heavy (non-hydrogen) atoms. The first-order valence-corrected chi connectivity index (χ1v) is 7.52. The van der Waals surface area contributed by atoms with Crippen molar-refractivity contribution < 1.29 is 18.3 Å². The number of benzene rings is 1. The maximum Gasteiger partial charge on any atom is 0.373 e. The zero-order chi connectivity index (χ0) is 17.3. The third-order valence-electron chi connectivity index (χ3n) is 3.69. The lowest BCUT2D eigenvalue weighted by atomic mass is 10.1. The molecule has 0 saturated carbocycles. The third kappa shape index (κ3) is 2.82. The van der Waals surface area contributed by atoms with Crippen molar-refractivity contribution >= 4 is 5.97 Å². The number of esters is 1. The van der Waals surface area contributed by atoms with Crippen LogP contribution in [0.1, 0.15) is 30.4 Å². The molecule has 2 heterocycles. The number of hydrogen-bond donors (Lipinski definition) is 0. The smallest absolute Gasteiger partial charge is 0.373 e. The molecular weight excluding hydrogens is 311 g/mol. The number of hydrogen-bond acceptors (Lipinski definition) is 4. The van der Waals surface area contributed by atoms with Crippen LogP contribution in [0.3, 0.4) is 0 Å². The Morgan fingerprint density at radius 2 is 1.92 bits per heavy atom. The lowest BCUT2D eigenvalue weighted by molar-refractivity contribution is 0.0566. The maximum absolute atomic E-state index is 13.2. The van der Waals surface area contributed by atoms with Gasteiger partial charge in [0.25, 0.3) is 0 Å². The molecule has 0 atom stereocenters. The summed E-state index contributed by atoms with van der Waals surface area (Å²) >= 11 is 0. The molecule has 0 saturated heterocycles. The van der Waals surface area contributed by atoms with Gasteiger partial charge in [0.1, 0.15) is 11.5 Å². The summed E-state index contributed by atoms with van der Waals surface area (Å²) in [5, 5.41) is 0. The molecule has 0 N–H and O–H groups in total. The van der Waals surface area contributed by atoms with E-state index in [0.717, 1.165) is 11.3 Å². The van der Waals surface area contributed by atoms with Gasteiger partial charge in [0.05, 0.1) is 19.1 Å². The number of aromatic nitrogens is 2. The van der Waals surface area contributed by atoms with Crippen molar-refractivity contribution in [1.82, 2.24) is 9.55 Å². The van der Waals surface area contributed by atoms with Crippen molar-refractivity contribution in [2.75, 3.05) is 7.11 Å². The second-order valence-corrected chi connectivity index (χ2v) is 5.61. The fourth-order valence-electron chi connectivity index (χ4n) is 2.49. The summed E-state index contributed by atoms with van der Waals surface area (Å²) in [6.45, 7) is 4.04. The van der Waals surface area contributed by atoms with E-state index in [1.165, 1.54) is 19.2 Å². The lowest BCUT2D eigenvalue weighted by Gasteiger charge is -2.11. The molecule has 0 radical (unpaired) electrons. The van der Waals surface area contributed by atoms with Crippen LogP contribution in [0, 0.1) is 5.82 Å². The molecule has 124 valence electrons. The quantitative estimate of drug-likeness (QED) is 0.669. The van der Waals surface area contributed by atoms with Crippen LogP contribution in [0.4, 0.5) is 4.39 Å². The second-order valence-electron chi connectivity index (χ2n) is 5.61. The van der Waals surface area contributed by atoms with Crippen LogP contribution in [0.25, 0.3) is 22.7 Å². The SMILES string of the molecule is COC(=O)c1ccc(-c2c(-c3ccc(F)cc3)ncn2C(C)C)o1. The van der Waals surface area contributed by atoms with E-state index in [9.17, 15) is 9.18 Å². The van der Waals surface area contributed by atoms with E-state index in [2.05, 4.69) is 9.72 Å². The molecule has 5 nitrogen and oxygen atoms in total. The van der Waals surface area contributed by atoms with Crippen molar-refractivity contribution in [3.63, 3.8) is 0 Å². The Kier molecular flexibility index (Phi) is 4.20. The summed E-state index contributed by atoms with van der Waals surface area (Å²) in [7, 11) is 1.30. The van der Waals surface area contributed by atoms with Gasteiger partial charge in [-0.2, -0.15) is 0 Å². The van der Waals surface area contributed by atoms with Gasteiger partial charge in [-0.05, 0) is 50.2 Å². The van der Waals surface area contributed by atoms with Crippen LogP contribution in [0.15, 0.2) is 47.1 Å². The predicted octanol–water partition coefficient (Wildman–Crippen LogP) is 4.32. The number of halogens is 1. The van der Waals surface area contributed by atoms with Gasteiger partial charge in [-0.1, -0.05) is 0 Å². The highest BCUT2D eigenvalue weighted by molar-refractivity contribution is 5.87. The van der Waals surface area contributed by atoms with E-state index < -0.39 is 5.97 Å². The molecule has 0 aliphatic rings. The molecule has 3 rings (SSSR count). The summed E-state index contributed by atoms with van der Waals surface area (Å²) < 4.78 is 25.5. The number of methoxy groups -OCH3 is 1. The number of carbonyl (C=O) groups excluding carboxylic acids is 1. The van der Waals surface area contributed by atoms with Gasteiger partial charge in [-0.15, -0.1) is 0 Å². The van der Waals surface area contributed by atoms with Crippen molar-refractivity contribution in [3.05, 3.63) is 54.3 Å². The maximum atomic E-state index is 13.2. The van der Waals surface area contributed by atoms with Crippen LogP contribution in [0.5, 0.6) is 0 Å². The minimum absolute atomic E-state index is 0.120. The number of carbonyl (C=O) groups is 1. The summed E-state index contributed by atoms with van der Waals surface area (Å²) in [5.41, 5.74) is 2.16. The molecule has 2 aromatic heterocycles. The lowest BCUT2D eigenvalue weighted by Crippen LogP contribution is -2.01. The highest BCUT2D eigenvalue weighted by atomic mass is 19.1. The topological polar surface area (TPSA) is 57.3 Å². The van der Waals surface area contributed by atoms with Crippen molar-refractivity contribution in [3.8, 4) is 22.7 Å². The predicted molar refractivity (Wildman–Crippen MR) is 87.0 cm³/mol. The van der Waals surface area contributed by atoms with Crippen LogP contribution in [-0.4, -0.2) is 22.6 Å². The van der Waals surface area contributed by atoms with E-state index in [-0.39, 0.29) is 17.6 Å². The molecule has 0 bridgehead atoms. The first kappa shape index (κ1) is 16.0. The molecule has 0 amide bonds. The number of rotatable bonds is 4. The zero-order valence-electron chi connectivity index (χ0n) is 13.6. The van der Waals surface area contributed by atoms with E-state index >= 15 is 0 Å². The Hall–Kier alpha value is -2.89. The highest BCUT2D eigenvalue weighted by Crippen LogP contribution is 2.34. The fraction of sp³-hybridized carbons (Fsp3) is 0.222. The molecule has 0 aliphatic carbocycles. The molecule has 0 aliphatic heterocycles. The zero-order valence-corrected chi connectivity index (χ0v) is 13.6. The largest absolute Gasteiger partial charge is 0.463 e. The normalized spacial score (nSPS) is 11.0. The van der Waals surface area contributed by atoms with Gasteiger partial charge in [-0.3, -0.25) is 0 Å². The van der Waals surface area contributed by atoms with Gasteiger partial charge in [0.15, 0.2) is 5.76 Å². The number of furan rings is 1. The van der Waals surface area contributed by atoms with E-state index in [4.69, 9.17) is 4.42 Å². The monoisotopic (exact) mass is 328 g/mol. The first-order chi connectivity index (χ1) is 11.5. The fourth-order valence-corrected chi connectivity index (χ4v) is 2.49. The Labute approximate surface area is 138 Å². The van der Waals surface area contributed by atoms with Crippen molar-refractivity contribution in [1.29, 1.82) is 0 Å². The minimum atomic E-state index is -0.541. The molecule has 0 spiro atoms. The van der Waals surface area contributed by atoms with Crippen LogP contribution in [0.2, 0.25) is 0 Å². The number of nitrogens with zero attached hydrogens (tertiary/aromatic N) is 2. The number of imidazole rings is 1. The molecular formula is C18H17FN2O3. The van der Waals surface area contributed by atoms with Gasteiger partial charge in [-0.25, -0.2) is 14.2 Å². The molecule has 6 heteroatoms. The van der Waals surface area contributed by atoms with E-state index in [0.29, 0.717) is 11.5 Å². The van der Waals surface area contributed by atoms with Crippen molar-refractivity contribution in [2.45, 2.75) is 19.9 Å². The second kappa shape index (κ2) is 6.31. The minimum Gasteiger partial charge on any atom is -0.463 e. The Morgan fingerprint density at radius 1 is 1.21 bits per heavy atom. The summed E-state index contributed by atoms with van der Waals surface area (Å²) in [5.74, 6) is -0.232. The molecule has 0 fully saturated rings. The molecule has 0 unspecified atom stereocenters. The standard InChI is InChI=1S/C18H17FN2O3/c1-11(2)21-10-20-16(12-4-6-13(19)7-5-12)17(21)14-8-9-15(24-14)18(22)23-3/h4-11H,1-3H3. The van der Waals surface area contributed by atoms with Crippen LogP contribution >= 0.6 is 0 Å². The molecule has 3 aromatic rings. The van der Waals surface area contributed by atoms with Gasteiger partial charge in [0.2, 0.25) is 5.76 Å². The van der Waals surface area contributed by atoms with Gasteiger partial charge < -0.3 is 13.7 Å². The molecule has 1 aromatic carbocycles. The van der Waals surface area contributed by atoms with E-state index in [1.807, 2.05) is 18.4 Å². The average Bonchev–Trinajstić information content (AvgIpc) is 3.21. The highest BCUT2D eigenvalue weighted by Gasteiger charge is 2.21. The van der Waals surface area contributed by atoms with Crippen LogP contribution in [-0.2, 0) is 4.74 Å². The Morgan fingerprint density at radius 3 is 2.54 bits per heavy atom. The summed E-state index contributed by atoms with van der Waals surface area (Å²) in [4.78, 5) is 16.1. The number of ether oxygens (including phenoxy) is 1. The van der Waals surface area contributed by atoms with Crippen molar-refractivity contribution in [2.24, 2.45) is 0 Å². The first-order valence-electron chi connectivity index (χ1n) is 7.52. The van der Waals surface area contributed by atoms with Gasteiger partial charge >= 0.3 is 5.97 Å². The third-order valence-corrected chi connectivity index (χ3v) is 3.69. The van der Waals surface area contributed by atoms with Crippen LogP contribution < -0.4 is 0 Å².